The van der Waals surface area contributed by atoms with Crippen molar-refractivity contribution in [3.05, 3.63) is 35.6 Å². The largest absolute Gasteiger partial charge is 0.481 e. The van der Waals surface area contributed by atoms with Gasteiger partial charge in [-0.25, -0.2) is 17.1 Å². The Morgan fingerprint density at radius 2 is 1.96 bits per heavy atom. The van der Waals surface area contributed by atoms with Gasteiger partial charge in [-0.3, -0.25) is 9.59 Å². The molecule has 1 unspecified atom stereocenters. The number of hydrogen-bond donors (Lipinski definition) is 2. The van der Waals surface area contributed by atoms with E-state index in [0.29, 0.717) is 18.5 Å². The third-order valence-electron chi connectivity index (χ3n) is 3.78. The fourth-order valence-electron chi connectivity index (χ4n) is 2.56. The molecule has 0 bridgehead atoms. The van der Waals surface area contributed by atoms with E-state index < -0.39 is 33.8 Å². The van der Waals surface area contributed by atoms with Crippen molar-refractivity contribution in [3.63, 3.8) is 0 Å². The Morgan fingerprint density at radius 1 is 1.29 bits per heavy atom. The molecule has 0 aliphatic carbocycles. The zero-order valence-electron chi connectivity index (χ0n) is 12.9. The predicted octanol–water partition coefficient (Wildman–Crippen LogP) is 0.883. The number of nitrogens with zero attached hydrogens (tertiary/aromatic N) is 1. The van der Waals surface area contributed by atoms with Crippen molar-refractivity contribution in [1.29, 1.82) is 0 Å². The van der Waals surface area contributed by atoms with Crippen molar-refractivity contribution in [3.8, 4) is 0 Å². The Hall–Kier alpha value is -2.00. The molecule has 0 radical (unpaired) electrons. The maximum Gasteiger partial charge on any atom is 0.305 e. The minimum absolute atomic E-state index is 0.0590. The quantitative estimate of drug-likeness (QED) is 0.753. The number of carbonyl (C=O) groups is 2. The zero-order chi connectivity index (χ0) is 17.7. The summed E-state index contributed by atoms with van der Waals surface area (Å²) >= 11 is 0. The molecule has 9 heteroatoms. The summed E-state index contributed by atoms with van der Waals surface area (Å²) in [5.41, 5.74) is 0.473. The van der Waals surface area contributed by atoms with Gasteiger partial charge in [0.25, 0.3) is 0 Å². The van der Waals surface area contributed by atoms with E-state index in [9.17, 15) is 22.4 Å². The van der Waals surface area contributed by atoms with E-state index in [1.807, 2.05) is 0 Å². The van der Waals surface area contributed by atoms with Gasteiger partial charge in [-0.15, -0.1) is 0 Å². The van der Waals surface area contributed by atoms with Crippen molar-refractivity contribution in [1.82, 2.24) is 9.62 Å². The molecule has 2 N–H and O–H groups in total. The fraction of sp³-hybridized carbons (Fsp3) is 0.467. The lowest BCUT2D eigenvalue weighted by molar-refractivity contribution is -0.137. The van der Waals surface area contributed by atoms with Crippen LogP contribution in [0, 0.1) is 5.82 Å². The van der Waals surface area contributed by atoms with Crippen LogP contribution in [-0.4, -0.2) is 48.5 Å². The van der Waals surface area contributed by atoms with Crippen molar-refractivity contribution in [2.75, 3.05) is 18.8 Å². The second kappa shape index (κ2) is 7.71. The first kappa shape index (κ1) is 18.3. The lowest BCUT2D eigenvalue weighted by Crippen LogP contribution is -2.34. The third kappa shape index (κ3) is 5.00. The number of carboxylic acid groups (broad SMARTS) is 1. The molecule has 1 aromatic carbocycles. The Labute approximate surface area is 139 Å². The highest BCUT2D eigenvalue weighted by Gasteiger charge is 2.28. The monoisotopic (exact) mass is 358 g/mol. The van der Waals surface area contributed by atoms with Crippen LogP contribution in [0.1, 0.15) is 30.9 Å². The zero-order valence-corrected chi connectivity index (χ0v) is 13.8. The van der Waals surface area contributed by atoms with Crippen LogP contribution >= 0.6 is 0 Å². The van der Waals surface area contributed by atoms with Crippen molar-refractivity contribution < 1.29 is 27.5 Å². The Morgan fingerprint density at radius 3 is 2.50 bits per heavy atom. The van der Waals surface area contributed by atoms with E-state index in [1.54, 1.807) is 0 Å². The first-order chi connectivity index (χ1) is 11.3. The van der Waals surface area contributed by atoms with Crippen LogP contribution in [-0.2, 0) is 19.6 Å². The van der Waals surface area contributed by atoms with Gasteiger partial charge in [-0.1, -0.05) is 12.1 Å². The molecule has 0 spiro atoms. The minimum atomic E-state index is -3.27. The number of carboxylic acids is 1. The maximum atomic E-state index is 13.0. The molecule has 24 heavy (non-hydrogen) atoms. The summed E-state index contributed by atoms with van der Waals surface area (Å²) in [6.45, 7) is 0.462. The van der Waals surface area contributed by atoms with E-state index in [4.69, 9.17) is 5.11 Å². The summed E-state index contributed by atoms with van der Waals surface area (Å²) < 4.78 is 37.6. The lowest BCUT2D eigenvalue weighted by Gasteiger charge is -2.19. The number of aliphatic carboxylic acids is 1. The van der Waals surface area contributed by atoms with Gasteiger partial charge in [0, 0.05) is 19.5 Å². The summed E-state index contributed by atoms with van der Waals surface area (Å²) in [7, 11) is -3.27. The molecule has 0 saturated carbocycles. The first-order valence-electron chi connectivity index (χ1n) is 7.52. The van der Waals surface area contributed by atoms with E-state index in [1.165, 1.54) is 28.6 Å². The topological polar surface area (TPSA) is 104 Å². The molecule has 1 heterocycles. The van der Waals surface area contributed by atoms with Gasteiger partial charge in [-0.2, -0.15) is 0 Å². The molecule has 1 saturated heterocycles. The number of amides is 1. The summed E-state index contributed by atoms with van der Waals surface area (Å²) in [5, 5.41) is 11.5. The van der Waals surface area contributed by atoms with E-state index >= 15 is 0 Å². The van der Waals surface area contributed by atoms with Gasteiger partial charge in [0.2, 0.25) is 15.9 Å². The van der Waals surface area contributed by atoms with Crippen LogP contribution in [0.3, 0.4) is 0 Å². The van der Waals surface area contributed by atoms with Crippen LogP contribution < -0.4 is 5.32 Å². The summed E-state index contributed by atoms with van der Waals surface area (Å²) in [6.07, 6.45) is 0.136. The average molecular weight is 358 g/mol. The average Bonchev–Trinajstić information content (AvgIpc) is 2.83. The molecule has 1 atom stereocenters. The Kier molecular flexibility index (Phi) is 5.89. The predicted molar refractivity (Wildman–Crippen MR) is 84.1 cm³/mol. The van der Waals surface area contributed by atoms with Crippen LogP contribution in [0.25, 0.3) is 0 Å². The Balaban J connectivity index is 1.97. The number of hydrogen-bond acceptors (Lipinski definition) is 4. The summed E-state index contributed by atoms with van der Waals surface area (Å²) in [6, 6.07) is 4.40. The van der Waals surface area contributed by atoms with Gasteiger partial charge >= 0.3 is 5.97 Å². The second-order valence-electron chi connectivity index (χ2n) is 5.59. The highest BCUT2D eigenvalue weighted by Crippen LogP contribution is 2.18. The van der Waals surface area contributed by atoms with Crippen LogP contribution in [0.5, 0.6) is 0 Å². The molecule has 7 nitrogen and oxygen atoms in total. The van der Waals surface area contributed by atoms with Crippen LogP contribution in [0.4, 0.5) is 4.39 Å². The SMILES string of the molecule is O=C(O)CC(NC(=O)CCN1CCCS1(=O)=O)c1ccc(F)cc1. The standard InChI is InChI=1S/C15H19FN2O5S/c16-12-4-2-11(3-5-12)13(10-15(20)21)17-14(19)6-8-18-7-1-9-24(18,22)23/h2-5,13H,1,6-10H2,(H,17,19)(H,20,21). The number of nitrogens with one attached hydrogen (secondary N) is 1. The van der Waals surface area contributed by atoms with Gasteiger partial charge in [-0.05, 0) is 24.1 Å². The molecular weight excluding hydrogens is 339 g/mol. The fourth-order valence-corrected chi connectivity index (χ4v) is 4.09. The number of halogens is 1. The Bertz CT molecular complexity index is 705. The molecule has 1 amide bonds. The van der Waals surface area contributed by atoms with E-state index in [2.05, 4.69) is 5.32 Å². The number of carbonyl (C=O) groups excluding carboxylic acids is 1. The molecule has 0 aromatic heterocycles. The molecule has 1 fully saturated rings. The normalized spacial score (nSPS) is 18.2. The molecule has 2 rings (SSSR count). The van der Waals surface area contributed by atoms with Crippen molar-refractivity contribution >= 4 is 21.9 Å². The molecule has 1 aliphatic heterocycles. The number of benzene rings is 1. The molecule has 1 aromatic rings. The van der Waals surface area contributed by atoms with Gasteiger partial charge < -0.3 is 10.4 Å². The summed E-state index contributed by atoms with van der Waals surface area (Å²) in [4.78, 5) is 23.0. The third-order valence-corrected chi connectivity index (χ3v) is 5.73. The van der Waals surface area contributed by atoms with E-state index in [0.717, 1.165) is 0 Å². The number of rotatable bonds is 7. The number of sulfonamides is 1. The smallest absolute Gasteiger partial charge is 0.305 e. The summed E-state index contributed by atoms with van der Waals surface area (Å²) in [5.74, 6) is -1.93. The first-order valence-corrected chi connectivity index (χ1v) is 9.13. The van der Waals surface area contributed by atoms with Crippen LogP contribution in [0.2, 0.25) is 0 Å². The molecule has 132 valence electrons. The van der Waals surface area contributed by atoms with Gasteiger partial charge in [0.15, 0.2) is 0 Å². The van der Waals surface area contributed by atoms with Crippen molar-refractivity contribution in [2.24, 2.45) is 0 Å². The van der Waals surface area contributed by atoms with Crippen LogP contribution in [0.15, 0.2) is 24.3 Å². The van der Waals surface area contributed by atoms with Gasteiger partial charge in [0.1, 0.15) is 5.82 Å². The van der Waals surface area contributed by atoms with Gasteiger partial charge in [0.05, 0.1) is 18.2 Å². The second-order valence-corrected chi connectivity index (χ2v) is 7.68. The molecule has 1 aliphatic rings. The van der Waals surface area contributed by atoms with Crippen molar-refractivity contribution in [2.45, 2.75) is 25.3 Å². The highest BCUT2D eigenvalue weighted by atomic mass is 32.2. The lowest BCUT2D eigenvalue weighted by atomic mass is 10.0. The van der Waals surface area contributed by atoms with E-state index in [-0.39, 0.29) is 25.1 Å². The minimum Gasteiger partial charge on any atom is -0.481 e. The highest BCUT2D eigenvalue weighted by molar-refractivity contribution is 7.89. The maximum absolute atomic E-state index is 13.0. The molecular formula is C15H19FN2O5S.